The first-order valence-electron chi connectivity index (χ1n) is 8.20. The summed E-state index contributed by atoms with van der Waals surface area (Å²) in [5.41, 5.74) is 0.872. The number of piperidine rings is 1. The summed E-state index contributed by atoms with van der Waals surface area (Å²) in [6.45, 7) is 5.29. The average Bonchev–Trinajstić information content (AvgIpc) is 2.55. The third-order valence-electron chi connectivity index (χ3n) is 4.67. The molecular weight excluding hydrogens is 345 g/mol. The van der Waals surface area contributed by atoms with Gasteiger partial charge in [0.25, 0.3) is 0 Å². The van der Waals surface area contributed by atoms with Crippen molar-refractivity contribution in [3.63, 3.8) is 0 Å². The molecule has 0 amide bonds. The van der Waals surface area contributed by atoms with Crippen LogP contribution in [-0.4, -0.2) is 28.2 Å². The Balaban J connectivity index is 1.85. The largest absolute Gasteiger partial charge is 0.385 e. The third kappa shape index (κ3) is 3.23. The lowest BCUT2D eigenvalue weighted by Gasteiger charge is -2.40. The van der Waals surface area contributed by atoms with Crippen LogP contribution in [0.4, 0.5) is 5.82 Å². The van der Waals surface area contributed by atoms with Gasteiger partial charge in [-0.3, -0.25) is 0 Å². The highest BCUT2D eigenvalue weighted by atomic mass is 35.5. The van der Waals surface area contributed by atoms with Gasteiger partial charge in [0.05, 0.1) is 5.60 Å². The molecule has 0 unspecified atom stereocenters. The normalized spacial score (nSPS) is 17.1. The molecule has 1 aromatic carbocycles. The van der Waals surface area contributed by atoms with Crippen LogP contribution in [0.2, 0.25) is 10.2 Å². The fourth-order valence-electron chi connectivity index (χ4n) is 3.31. The number of halogens is 2. The van der Waals surface area contributed by atoms with Gasteiger partial charge in [-0.15, -0.1) is 0 Å². The molecule has 2 heterocycles. The van der Waals surface area contributed by atoms with Crippen LogP contribution in [0.1, 0.15) is 36.7 Å². The molecule has 1 aromatic heterocycles. The predicted molar refractivity (Wildman–Crippen MR) is 98.0 cm³/mol. The summed E-state index contributed by atoms with van der Waals surface area (Å²) in [5.74, 6) is 1.55. The van der Waals surface area contributed by atoms with Gasteiger partial charge in [0.15, 0.2) is 0 Å². The van der Waals surface area contributed by atoms with Gasteiger partial charge in [0, 0.05) is 29.2 Å². The number of benzene rings is 1. The standard InChI is InChI=1S/C18H21Cl2N3O/c1-3-13-16(20)21-12(2)22-17(13)23-10-8-18(24,9-11-23)14-6-4-5-7-15(14)19/h4-7,24H,3,8-11H2,1-2H3. The molecule has 2 aromatic rings. The Morgan fingerprint density at radius 1 is 1.17 bits per heavy atom. The van der Waals surface area contributed by atoms with Gasteiger partial charge >= 0.3 is 0 Å². The van der Waals surface area contributed by atoms with Crippen molar-refractivity contribution < 1.29 is 5.11 Å². The van der Waals surface area contributed by atoms with Crippen LogP contribution in [0.3, 0.4) is 0 Å². The first-order valence-corrected chi connectivity index (χ1v) is 8.95. The van der Waals surface area contributed by atoms with Crippen molar-refractivity contribution in [1.82, 2.24) is 9.97 Å². The molecule has 0 saturated carbocycles. The predicted octanol–water partition coefficient (Wildman–Crippen LogP) is 4.14. The third-order valence-corrected chi connectivity index (χ3v) is 5.31. The Kier molecular flexibility index (Phi) is 5.00. The van der Waals surface area contributed by atoms with E-state index in [1.54, 1.807) is 0 Å². The van der Waals surface area contributed by atoms with Gasteiger partial charge in [0.2, 0.25) is 0 Å². The topological polar surface area (TPSA) is 49.2 Å². The number of hydrogen-bond acceptors (Lipinski definition) is 4. The zero-order chi connectivity index (χ0) is 17.3. The zero-order valence-corrected chi connectivity index (χ0v) is 15.4. The van der Waals surface area contributed by atoms with E-state index in [1.807, 2.05) is 38.1 Å². The minimum atomic E-state index is -0.896. The van der Waals surface area contributed by atoms with Crippen molar-refractivity contribution in [2.45, 2.75) is 38.7 Å². The molecule has 0 bridgehead atoms. The maximum absolute atomic E-state index is 11.1. The molecule has 1 N–H and O–H groups in total. The molecule has 1 fully saturated rings. The van der Waals surface area contributed by atoms with Gasteiger partial charge < -0.3 is 10.0 Å². The highest BCUT2D eigenvalue weighted by molar-refractivity contribution is 6.31. The number of aliphatic hydroxyl groups is 1. The lowest BCUT2D eigenvalue weighted by atomic mass is 9.84. The highest BCUT2D eigenvalue weighted by Gasteiger charge is 2.36. The first-order chi connectivity index (χ1) is 11.4. The summed E-state index contributed by atoms with van der Waals surface area (Å²) in [7, 11) is 0. The maximum Gasteiger partial charge on any atom is 0.138 e. The van der Waals surface area contributed by atoms with Crippen LogP contribution in [0.5, 0.6) is 0 Å². The molecule has 4 nitrogen and oxygen atoms in total. The zero-order valence-electron chi connectivity index (χ0n) is 13.9. The second kappa shape index (κ2) is 6.87. The molecule has 0 atom stereocenters. The Morgan fingerprint density at radius 2 is 1.83 bits per heavy atom. The monoisotopic (exact) mass is 365 g/mol. The molecule has 1 aliphatic heterocycles. The van der Waals surface area contributed by atoms with Crippen LogP contribution in [0.25, 0.3) is 0 Å². The Labute approximate surface area is 152 Å². The van der Waals surface area contributed by atoms with Gasteiger partial charge in [-0.1, -0.05) is 48.3 Å². The van der Waals surface area contributed by atoms with E-state index < -0.39 is 5.60 Å². The molecule has 3 rings (SSSR count). The number of anilines is 1. The number of aryl methyl sites for hydroxylation is 1. The van der Waals surface area contributed by atoms with E-state index in [1.165, 1.54) is 0 Å². The summed E-state index contributed by atoms with van der Waals surface area (Å²) in [4.78, 5) is 11.0. The van der Waals surface area contributed by atoms with E-state index in [4.69, 9.17) is 23.2 Å². The molecule has 1 aliphatic rings. The van der Waals surface area contributed by atoms with Crippen molar-refractivity contribution in [2.75, 3.05) is 18.0 Å². The Hall–Kier alpha value is -1.36. The molecule has 6 heteroatoms. The van der Waals surface area contributed by atoms with Crippen LogP contribution in [0.15, 0.2) is 24.3 Å². The van der Waals surface area contributed by atoms with Crippen molar-refractivity contribution >= 4 is 29.0 Å². The number of nitrogens with zero attached hydrogens (tertiary/aromatic N) is 3. The van der Waals surface area contributed by atoms with Gasteiger partial charge in [-0.2, -0.15) is 0 Å². The summed E-state index contributed by atoms with van der Waals surface area (Å²) in [5, 5.41) is 12.2. The SMILES string of the molecule is CCc1c(Cl)nc(C)nc1N1CCC(O)(c2ccccc2Cl)CC1. The first kappa shape index (κ1) is 17.5. The summed E-state index contributed by atoms with van der Waals surface area (Å²) < 4.78 is 0. The molecule has 24 heavy (non-hydrogen) atoms. The van der Waals surface area contributed by atoms with Crippen LogP contribution in [0, 0.1) is 6.92 Å². The van der Waals surface area contributed by atoms with Gasteiger partial charge in [-0.05, 0) is 32.3 Å². The van der Waals surface area contributed by atoms with Crippen molar-refractivity contribution in [3.05, 3.63) is 51.4 Å². The van der Waals surface area contributed by atoms with Gasteiger partial charge in [-0.25, -0.2) is 9.97 Å². The maximum atomic E-state index is 11.1. The van der Waals surface area contributed by atoms with Crippen molar-refractivity contribution in [2.24, 2.45) is 0 Å². The number of aromatic nitrogens is 2. The van der Waals surface area contributed by atoms with E-state index in [0.29, 0.717) is 41.9 Å². The fourth-order valence-corrected chi connectivity index (χ4v) is 3.96. The van der Waals surface area contributed by atoms with E-state index >= 15 is 0 Å². The average molecular weight is 366 g/mol. The minimum absolute atomic E-state index is 0.520. The van der Waals surface area contributed by atoms with Crippen LogP contribution >= 0.6 is 23.2 Å². The van der Waals surface area contributed by atoms with Crippen LogP contribution < -0.4 is 4.90 Å². The van der Waals surface area contributed by atoms with Gasteiger partial charge in [0.1, 0.15) is 16.8 Å². The van der Waals surface area contributed by atoms with Crippen molar-refractivity contribution in [1.29, 1.82) is 0 Å². The van der Waals surface area contributed by atoms with E-state index in [0.717, 1.165) is 23.4 Å². The lowest BCUT2D eigenvalue weighted by molar-refractivity contribution is 0.0117. The Morgan fingerprint density at radius 3 is 2.46 bits per heavy atom. The molecule has 1 saturated heterocycles. The Bertz CT molecular complexity index is 743. The lowest BCUT2D eigenvalue weighted by Crippen LogP contribution is -2.43. The van der Waals surface area contributed by atoms with E-state index in [9.17, 15) is 5.11 Å². The van der Waals surface area contributed by atoms with Crippen LogP contribution in [-0.2, 0) is 12.0 Å². The number of hydrogen-bond donors (Lipinski definition) is 1. The van der Waals surface area contributed by atoms with Crippen molar-refractivity contribution in [3.8, 4) is 0 Å². The molecule has 0 aliphatic carbocycles. The molecular formula is C18H21Cl2N3O. The summed E-state index contributed by atoms with van der Waals surface area (Å²) in [6.07, 6.45) is 1.97. The fraction of sp³-hybridized carbons (Fsp3) is 0.444. The smallest absolute Gasteiger partial charge is 0.138 e. The minimum Gasteiger partial charge on any atom is -0.385 e. The summed E-state index contributed by atoms with van der Waals surface area (Å²) in [6, 6.07) is 7.52. The summed E-state index contributed by atoms with van der Waals surface area (Å²) >= 11 is 12.6. The second-order valence-electron chi connectivity index (χ2n) is 6.22. The molecule has 128 valence electrons. The van der Waals surface area contributed by atoms with E-state index in [-0.39, 0.29) is 0 Å². The van der Waals surface area contributed by atoms with E-state index in [2.05, 4.69) is 14.9 Å². The molecule has 0 radical (unpaired) electrons. The second-order valence-corrected chi connectivity index (χ2v) is 6.98. The quantitative estimate of drug-likeness (QED) is 0.830. The number of rotatable bonds is 3. The molecule has 0 spiro atoms. The highest BCUT2D eigenvalue weighted by Crippen LogP contribution is 2.38.